The summed E-state index contributed by atoms with van der Waals surface area (Å²) in [6.07, 6.45) is 6.79. The number of ether oxygens (including phenoxy) is 1. The number of piperidine rings is 1. The SMILES string of the molecule is C[C@@H](NC1CCN(C(=O)OC(C)(C)C)CC1)c1cnccn1. The molecule has 0 spiro atoms. The van der Waals surface area contributed by atoms with Crippen LogP contribution in [0.2, 0.25) is 0 Å². The number of aromatic nitrogens is 2. The van der Waals surface area contributed by atoms with E-state index in [1.54, 1.807) is 23.5 Å². The van der Waals surface area contributed by atoms with Crippen molar-refractivity contribution in [2.45, 2.75) is 58.2 Å². The Morgan fingerprint density at radius 2 is 2.05 bits per heavy atom. The Labute approximate surface area is 132 Å². The van der Waals surface area contributed by atoms with Crippen LogP contribution in [0.1, 0.15) is 52.3 Å². The molecule has 0 saturated carbocycles. The number of amides is 1. The van der Waals surface area contributed by atoms with Crippen molar-refractivity contribution in [1.29, 1.82) is 0 Å². The van der Waals surface area contributed by atoms with E-state index in [9.17, 15) is 4.79 Å². The number of hydrogen-bond acceptors (Lipinski definition) is 5. The number of nitrogens with one attached hydrogen (secondary N) is 1. The molecule has 22 heavy (non-hydrogen) atoms. The van der Waals surface area contributed by atoms with Crippen LogP contribution < -0.4 is 5.32 Å². The highest BCUT2D eigenvalue weighted by Crippen LogP contribution is 2.18. The normalized spacial score (nSPS) is 18.1. The molecule has 1 amide bonds. The third kappa shape index (κ3) is 4.94. The summed E-state index contributed by atoms with van der Waals surface area (Å²) in [5.41, 5.74) is 0.504. The summed E-state index contributed by atoms with van der Waals surface area (Å²) in [5.74, 6) is 0. The summed E-state index contributed by atoms with van der Waals surface area (Å²) in [6, 6.07) is 0.544. The van der Waals surface area contributed by atoms with E-state index >= 15 is 0 Å². The molecular formula is C16H26N4O2. The Bertz CT molecular complexity index is 479. The number of rotatable bonds is 3. The van der Waals surface area contributed by atoms with Gasteiger partial charge in [-0.15, -0.1) is 0 Å². The molecule has 1 saturated heterocycles. The molecule has 6 heteroatoms. The average molecular weight is 306 g/mol. The van der Waals surface area contributed by atoms with Gasteiger partial charge in [-0.1, -0.05) is 0 Å². The van der Waals surface area contributed by atoms with Crippen molar-refractivity contribution in [1.82, 2.24) is 20.2 Å². The topological polar surface area (TPSA) is 67.4 Å². The fourth-order valence-electron chi connectivity index (χ4n) is 2.53. The lowest BCUT2D eigenvalue weighted by Crippen LogP contribution is -2.47. The van der Waals surface area contributed by atoms with Gasteiger partial charge in [-0.3, -0.25) is 9.97 Å². The largest absolute Gasteiger partial charge is 0.444 e. The smallest absolute Gasteiger partial charge is 0.410 e. The summed E-state index contributed by atoms with van der Waals surface area (Å²) in [7, 11) is 0. The molecule has 2 heterocycles. The maximum Gasteiger partial charge on any atom is 0.410 e. The van der Waals surface area contributed by atoms with Gasteiger partial charge in [0.25, 0.3) is 0 Å². The third-order valence-corrected chi connectivity index (χ3v) is 3.66. The summed E-state index contributed by atoms with van der Waals surface area (Å²) >= 11 is 0. The first-order valence-corrected chi connectivity index (χ1v) is 7.85. The molecule has 2 rings (SSSR count). The van der Waals surface area contributed by atoms with E-state index in [0.717, 1.165) is 31.6 Å². The van der Waals surface area contributed by atoms with E-state index in [-0.39, 0.29) is 12.1 Å². The first-order chi connectivity index (χ1) is 10.3. The van der Waals surface area contributed by atoms with E-state index in [0.29, 0.717) is 6.04 Å². The van der Waals surface area contributed by atoms with Crippen LogP contribution in [0.4, 0.5) is 4.79 Å². The van der Waals surface area contributed by atoms with Crippen molar-refractivity contribution in [2.24, 2.45) is 0 Å². The zero-order valence-electron chi connectivity index (χ0n) is 13.9. The van der Waals surface area contributed by atoms with E-state index < -0.39 is 5.60 Å². The fraction of sp³-hybridized carbons (Fsp3) is 0.688. The van der Waals surface area contributed by atoms with Gasteiger partial charge in [0, 0.05) is 43.8 Å². The third-order valence-electron chi connectivity index (χ3n) is 3.66. The Morgan fingerprint density at radius 1 is 1.36 bits per heavy atom. The van der Waals surface area contributed by atoms with Gasteiger partial charge < -0.3 is 15.0 Å². The second-order valence-corrected chi connectivity index (χ2v) is 6.76. The van der Waals surface area contributed by atoms with Gasteiger partial charge in [0.05, 0.1) is 5.69 Å². The van der Waals surface area contributed by atoms with Gasteiger partial charge in [-0.2, -0.15) is 0 Å². The molecule has 1 atom stereocenters. The molecule has 1 aromatic heterocycles. The van der Waals surface area contributed by atoms with Crippen LogP contribution in [0.3, 0.4) is 0 Å². The molecule has 1 fully saturated rings. The zero-order valence-corrected chi connectivity index (χ0v) is 13.9. The first kappa shape index (κ1) is 16.7. The lowest BCUT2D eigenvalue weighted by molar-refractivity contribution is 0.0196. The van der Waals surface area contributed by atoms with Crippen molar-refractivity contribution in [3.05, 3.63) is 24.3 Å². The number of hydrogen-bond donors (Lipinski definition) is 1. The second-order valence-electron chi connectivity index (χ2n) is 6.76. The Hall–Kier alpha value is -1.69. The lowest BCUT2D eigenvalue weighted by atomic mass is 10.0. The highest BCUT2D eigenvalue weighted by Gasteiger charge is 2.27. The Morgan fingerprint density at radius 3 is 2.59 bits per heavy atom. The fourth-order valence-corrected chi connectivity index (χ4v) is 2.53. The number of likely N-dealkylation sites (tertiary alicyclic amines) is 1. The zero-order chi connectivity index (χ0) is 16.2. The second kappa shape index (κ2) is 7.05. The van der Waals surface area contributed by atoms with Crippen LogP contribution >= 0.6 is 0 Å². The minimum absolute atomic E-state index is 0.159. The molecule has 122 valence electrons. The van der Waals surface area contributed by atoms with Crippen LogP contribution in [-0.2, 0) is 4.74 Å². The maximum atomic E-state index is 12.0. The number of carbonyl (C=O) groups is 1. The van der Waals surface area contributed by atoms with Crippen LogP contribution in [0.15, 0.2) is 18.6 Å². The van der Waals surface area contributed by atoms with Crippen molar-refractivity contribution >= 4 is 6.09 Å². The minimum atomic E-state index is -0.438. The molecule has 0 radical (unpaired) electrons. The predicted molar refractivity (Wildman–Crippen MR) is 84.4 cm³/mol. The van der Waals surface area contributed by atoms with Crippen LogP contribution in [-0.4, -0.2) is 45.7 Å². The molecule has 0 aliphatic carbocycles. The van der Waals surface area contributed by atoms with Gasteiger partial charge in [-0.25, -0.2) is 4.79 Å². The molecule has 0 aromatic carbocycles. The minimum Gasteiger partial charge on any atom is -0.444 e. The van der Waals surface area contributed by atoms with Crippen molar-refractivity contribution in [3.8, 4) is 0 Å². The molecule has 1 N–H and O–H groups in total. The van der Waals surface area contributed by atoms with Crippen molar-refractivity contribution < 1.29 is 9.53 Å². The van der Waals surface area contributed by atoms with Crippen LogP contribution in [0, 0.1) is 0 Å². The van der Waals surface area contributed by atoms with Crippen LogP contribution in [0.25, 0.3) is 0 Å². The maximum absolute atomic E-state index is 12.0. The molecule has 1 aromatic rings. The summed E-state index contributed by atoms with van der Waals surface area (Å²) in [6.45, 7) is 9.20. The summed E-state index contributed by atoms with van der Waals surface area (Å²) < 4.78 is 5.41. The summed E-state index contributed by atoms with van der Waals surface area (Å²) in [4.78, 5) is 22.2. The van der Waals surface area contributed by atoms with Crippen molar-refractivity contribution in [2.75, 3.05) is 13.1 Å². The van der Waals surface area contributed by atoms with E-state index in [1.807, 2.05) is 20.8 Å². The monoisotopic (exact) mass is 306 g/mol. The Kier molecular flexibility index (Phi) is 5.34. The quantitative estimate of drug-likeness (QED) is 0.929. The molecule has 1 aliphatic heterocycles. The number of carbonyl (C=O) groups excluding carboxylic acids is 1. The lowest BCUT2D eigenvalue weighted by Gasteiger charge is -2.34. The van der Waals surface area contributed by atoms with Crippen molar-refractivity contribution in [3.63, 3.8) is 0 Å². The van der Waals surface area contributed by atoms with Gasteiger partial charge in [0.2, 0.25) is 0 Å². The van der Waals surface area contributed by atoms with Gasteiger partial charge >= 0.3 is 6.09 Å². The standard InChI is InChI=1S/C16H26N4O2/c1-12(14-11-17-7-8-18-14)19-13-5-9-20(10-6-13)15(21)22-16(2,3)4/h7-8,11-13,19H,5-6,9-10H2,1-4H3/t12-/m1/s1. The van der Waals surface area contributed by atoms with Gasteiger partial charge in [0.1, 0.15) is 5.60 Å². The number of nitrogens with zero attached hydrogens (tertiary/aromatic N) is 3. The van der Waals surface area contributed by atoms with Crippen LogP contribution in [0.5, 0.6) is 0 Å². The van der Waals surface area contributed by atoms with E-state index in [4.69, 9.17) is 4.74 Å². The molecule has 6 nitrogen and oxygen atoms in total. The highest BCUT2D eigenvalue weighted by molar-refractivity contribution is 5.68. The van der Waals surface area contributed by atoms with E-state index in [1.165, 1.54) is 0 Å². The molecule has 0 unspecified atom stereocenters. The molecule has 0 bridgehead atoms. The average Bonchev–Trinajstić information content (AvgIpc) is 2.47. The van der Waals surface area contributed by atoms with E-state index in [2.05, 4.69) is 22.2 Å². The summed E-state index contributed by atoms with van der Waals surface area (Å²) in [5, 5.41) is 3.56. The molecule has 1 aliphatic rings. The Balaban J connectivity index is 1.79. The predicted octanol–water partition coefficient (Wildman–Crippen LogP) is 2.53. The first-order valence-electron chi connectivity index (χ1n) is 7.85. The highest BCUT2D eigenvalue weighted by atomic mass is 16.6. The van der Waals surface area contributed by atoms with Gasteiger partial charge in [0.15, 0.2) is 0 Å². The molecular weight excluding hydrogens is 280 g/mol. The van der Waals surface area contributed by atoms with Gasteiger partial charge in [-0.05, 0) is 40.5 Å².